The highest BCUT2D eigenvalue weighted by atomic mass is 32.2. The highest BCUT2D eigenvalue weighted by molar-refractivity contribution is 8.01. The van der Waals surface area contributed by atoms with Gasteiger partial charge in [0.05, 0.1) is 17.4 Å². The molecule has 0 bridgehead atoms. The Hall–Kier alpha value is -3.34. The van der Waals surface area contributed by atoms with Crippen LogP contribution in [0.5, 0.6) is 5.75 Å². The summed E-state index contributed by atoms with van der Waals surface area (Å²) in [5, 5.41) is 2.44. The van der Waals surface area contributed by atoms with E-state index in [9.17, 15) is 14.4 Å². The van der Waals surface area contributed by atoms with E-state index in [-0.39, 0.29) is 29.7 Å². The van der Waals surface area contributed by atoms with Crippen molar-refractivity contribution in [3.05, 3.63) is 65.2 Å². The van der Waals surface area contributed by atoms with Crippen LogP contribution in [0.3, 0.4) is 0 Å². The largest absolute Gasteiger partial charge is 0.490 e. The Bertz CT molecular complexity index is 1460. The minimum atomic E-state index is -1.50. The fourth-order valence-electron chi connectivity index (χ4n) is 7.21. The van der Waals surface area contributed by atoms with Gasteiger partial charge in [0.25, 0.3) is 0 Å². The van der Waals surface area contributed by atoms with Crippen LogP contribution in [0.25, 0.3) is 0 Å². The van der Waals surface area contributed by atoms with Gasteiger partial charge in [-0.1, -0.05) is 25.1 Å². The third-order valence-electron chi connectivity index (χ3n) is 9.39. The lowest BCUT2D eigenvalue weighted by Gasteiger charge is -2.42. The van der Waals surface area contributed by atoms with Gasteiger partial charge in [-0.3, -0.25) is 14.4 Å². The highest BCUT2D eigenvalue weighted by Gasteiger charge is 2.57. The molecule has 1 saturated carbocycles. The van der Waals surface area contributed by atoms with Crippen LogP contribution in [0.15, 0.2) is 47.9 Å². The van der Waals surface area contributed by atoms with Crippen LogP contribution >= 0.6 is 11.8 Å². The monoisotopic (exact) mass is 589 g/mol. The number of rotatable bonds is 6. The number of nitrogens with two attached hydrogens (primary N) is 3. The molecular weight excluding hydrogens is 550 g/mol. The summed E-state index contributed by atoms with van der Waals surface area (Å²) in [6.07, 6.45) is 7.82. The molecule has 5 unspecified atom stereocenters. The van der Waals surface area contributed by atoms with E-state index in [2.05, 4.69) is 11.9 Å². The van der Waals surface area contributed by atoms with Crippen molar-refractivity contribution in [2.45, 2.75) is 85.2 Å². The molecule has 0 spiro atoms. The van der Waals surface area contributed by atoms with E-state index in [0.717, 1.165) is 34.6 Å². The van der Waals surface area contributed by atoms with Crippen molar-refractivity contribution in [1.82, 2.24) is 10.2 Å². The molecule has 2 aromatic rings. The number of thioether (sulfide) groups is 1. The molecule has 0 radical (unpaired) electrons. The third-order valence-corrected chi connectivity index (χ3v) is 10.8. The van der Waals surface area contributed by atoms with Crippen LogP contribution in [0.1, 0.15) is 66.7 Å². The second-order valence-electron chi connectivity index (χ2n) is 12.0. The fraction of sp³-hybridized carbons (Fsp3) is 0.469. The van der Waals surface area contributed by atoms with Gasteiger partial charge in [-0.2, -0.15) is 0 Å². The summed E-state index contributed by atoms with van der Waals surface area (Å²) in [5.41, 5.74) is 22.2. The van der Waals surface area contributed by atoms with Crippen LogP contribution in [0, 0.1) is 6.92 Å². The van der Waals surface area contributed by atoms with Gasteiger partial charge in [-0.15, -0.1) is 11.8 Å². The quantitative estimate of drug-likeness (QED) is 0.296. The number of carbonyl (C=O) groups excluding carboxylic acids is 3. The molecule has 1 saturated heterocycles. The van der Waals surface area contributed by atoms with Crippen LogP contribution < -0.4 is 27.3 Å². The Morgan fingerprint density at radius 3 is 2.60 bits per heavy atom. The lowest BCUT2D eigenvalue weighted by Crippen LogP contribution is -2.60. The molecule has 5 atom stereocenters. The van der Waals surface area contributed by atoms with Gasteiger partial charge in [0.15, 0.2) is 5.78 Å². The van der Waals surface area contributed by atoms with Crippen molar-refractivity contribution in [3.8, 4) is 5.75 Å². The van der Waals surface area contributed by atoms with Gasteiger partial charge in [-0.25, -0.2) is 0 Å². The lowest BCUT2D eigenvalue weighted by molar-refractivity contribution is -0.127. The number of hydrogen-bond donors (Lipinski definition) is 4. The summed E-state index contributed by atoms with van der Waals surface area (Å²) < 4.78 is 6.27. The van der Waals surface area contributed by atoms with Gasteiger partial charge in [0, 0.05) is 35.6 Å². The molecule has 7 N–H and O–H groups in total. The van der Waals surface area contributed by atoms with E-state index >= 15 is 0 Å². The number of Topliss-reactive ketones (excluding diaryl/α,β-unsaturated/α-hetero) is 1. The number of nitrogen functional groups attached to an aromatic ring is 1. The summed E-state index contributed by atoms with van der Waals surface area (Å²) in [6, 6.07) is 8.10. The molecule has 9 nitrogen and oxygen atoms in total. The molecule has 0 aromatic heterocycles. The van der Waals surface area contributed by atoms with Crippen LogP contribution in [0.2, 0.25) is 0 Å². The van der Waals surface area contributed by atoms with Gasteiger partial charge in [-0.05, 0) is 85.6 Å². The number of nitrogens with one attached hydrogen (secondary N) is 1. The molecule has 6 rings (SSSR count). The molecule has 10 heteroatoms. The zero-order valence-electron chi connectivity index (χ0n) is 23.9. The van der Waals surface area contributed by atoms with E-state index in [4.69, 9.17) is 21.9 Å². The summed E-state index contributed by atoms with van der Waals surface area (Å²) in [5.74, 6) is -0.516. The van der Waals surface area contributed by atoms with Crippen molar-refractivity contribution in [2.75, 3.05) is 18.8 Å². The van der Waals surface area contributed by atoms with Crippen LogP contribution in [-0.4, -0.2) is 59.0 Å². The molecule has 42 heavy (non-hydrogen) atoms. The second-order valence-corrected chi connectivity index (χ2v) is 13.2. The molecule has 2 heterocycles. The molecule has 2 amide bonds. The van der Waals surface area contributed by atoms with Crippen LogP contribution in [-0.2, 0) is 19.9 Å². The number of carbonyl (C=O) groups is 3. The number of aryl methyl sites for hydroxylation is 1. The number of ketones is 1. The molecule has 2 fully saturated rings. The number of hydrogen-bond acceptors (Lipinski definition) is 8. The molecule has 2 aliphatic carbocycles. The average Bonchev–Trinajstić information content (AvgIpc) is 3.62. The maximum absolute atomic E-state index is 14.2. The molecular formula is C32H39N5O4S. The van der Waals surface area contributed by atoms with E-state index in [1.807, 2.05) is 31.2 Å². The summed E-state index contributed by atoms with van der Waals surface area (Å²) >= 11 is 1.34. The SMILES string of the molecule is C=CC(=O)N1CCC(NC(=O)C2Sc3c(N)ccc4c3C2C(N)C(=O)C4(N)c2ccc(OC3CCCCC3)cc2C)C1. The standard InChI is InChI=1S/C32H39N5O4S/c1-3-24(38)37-14-13-18(16-37)36-31(40)29-26-25-22(11-12-23(33)28(25)42-29)32(35,30(39)27(26)34)21-10-9-20(15-17(21)2)41-19-7-5-4-6-8-19/h3,9-12,15,18-19,26-27,29H,1,4-8,13-14,16,33-35H2,2H3,(H,36,40). The first kappa shape index (κ1) is 28.8. The predicted octanol–water partition coefficient (Wildman–Crippen LogP) is 2.86. The Morgan fingerprint density at radius 2 is 1.88 bits per heavy atom. The average molecular weight is 590 g/mol. The minimum absolute atomic E-state index is 0.158. The van der Waals surface area contributed by atoms with Gasteiger partial charge >= 0.3 is 0 Å². The normalized spacial score (nSPS) is 28.8. The number of nitrogens with zero attached hydrogens (tertiary/aromatic N) is 1. The maximum atomic E-state index is 14.2. The van der Waals surface area contributed by atoms with Crippen molar-refractivity contribution in [1.29, 1.82) is 0 Å². The number of anilines is 1. The highest BCUT2D eigenvalue weighted by Crippen LogP contribution is 2.56. The number of benzene rings is 2. The van der Waals surface area contributed by atoms with Crippen molar-refractivity contribution in [3.63, 3.8) is 0 Å². The molecule has 2 aliphatic heterocycles. The molecule has 2 aromatic carbocycles. The first-order chi connectivity index (χ1) is 20.1. The first-order valence-corrected chi connectivity index (χ1v) is 15.7. The summed E-state index contributed by atoms with van der Waals surface area (Å²) in [6.45, 7) is 6.44. The van der Waals surface area contributed by atoms with E-state index in [0.29, 0.717) is 36.3 Å². The summed E-state index contributed by atoms with van der Waals surface area (Å²) in [4.78, 5) is 42.3. The topological polar surface area (TPSA) is 154 Å². The zero-order valence-corrected chi connectivity index (χ0v) is 24.8. The molecule has 4 aliphatic rings. The predicted molar refractivity (Wildman–Crippen MR) is 163 cm³/mol. The fourth-order valence-corrected chi connectivity index (χ4v) is 8.67. The number of ether oxygens (including phenoxy) is 1. The Kier molecular flexibility index (Phi) is 7.57. The zero-order chi connectivity index (χ0) is 29.8. The minimum Gasteiger partial charge on any atom is -0.490 e. The number of amides is 2. The van der Waals surface area contributed by atoms with E-state index in [1.54, 1.807) is 11.0 Å². The Labute approximate surface area is 250 Å². The van der Waals surface area contributed by atoms with Crippen molar-refractivity contribution in [2.24, 2.45) is 11.5 Å². The Balaban J connectivity index is 1.30. The third kappa shape index (κ3) is 4.69. The summed E-state index contributed by atoms with van der Waals surface area (Å²) in [7, 11) is 0. The number of likely N-dealkylation sites (tertiary alicyclic amines) is 1. The molecule has 222 valence electrons. The van der Waals surface area contributed by atoms with Crippen LogP contribution in [0.4, 0.5) is 5.69 Å². The smallest absolute Gasteiger partial charge is 0.246 e. The van der Waals surface area contributed by atoms with Crippen molar-refractivity contribution < 1.29 is 19.1 Å². The van der Waals surface area contributed by atoms with Crippen molar-refractivity contribution >= 4 is 35.0 Å². The van der Waals surface area contributed by atoms with Gasteiger partial charge < -0.3 is 32.2 Å². The van der Waals surface area contributed by atoms with E-state index < -0.39 is 22.7 Å². The second kappa shape index (κ2) is 11.1. The maximum Gasteiger partial charge on any atom is 0.246 e. The van der Waals surface area contributed by atoms with E-state index in [1.165, 1.54) is 37.1 Å². The van der Waals surface area contributed by atoms with Gasteiger partial charge in [0.2, 0.25) is 11.8 Å². The lowest BCUT2D eigenvalue weighted by atomic mass is 9.64. The Morgan fingerprint density at radius 1 is 1.14 bits per heavy atom. The van der Waals surface area contributed by atoms with Gasteiger partial charge in [0.1, 0.15) is 11.3 Å². The first-order valence-electron chi connectivity index (χ1n) is 14.8.